The second kappa shape index (κ2) is 31.2. The van der Waals surface area contributed by atoms with Crippen LogP contribution in [0.5, 0.6) is 34.5 Å². The van der Waals surface area contributed by atoms with Gasteiger partial charge in [0.25, 0.3) is 0 Å². The number of carbonyl (C=O) groups excluding carboxylic acids is 3. The van der Waals surface area contributed by atoms with Gasteiger partial charge in [-0.05, 0) is 140 Å². The van der Waals surface area contributed by atoms with Crippen LogP contribution in [0.1, 0.15) is 95.5 Å². The van der Waals surface area contributed by atoms with Gasteiger partial charge in [0.05, 0.1) is 33.4 Å². The number of carbonyl (C=O) groups is 12. The average molecular weight is 1340 g/mol. The second-order valence-corrected chi connectivity index (χ2v) is 19.3. The Morgan fingerprint density at radius 1 is 0.242 bits per heavy atom. The zero-order valence-corrected chi connectivity index (χ0v) is 52.3. The van der Waals surface area contributed by atoms with Gasteiger partial charge in [-0.15, -0.1) is 0 Å². The minimum Gasteiger partial charge on any atom is -0.872 e. The maximum atomic E-state index is 11.9. The molecule has 0 aliphatic heterocycles. The molecule has 6 aromatic rings. The Bertz CT molecular complexity index is 4020. The van der Waals surface area contributed by atoms with Crippen LogP contribution in [0.15, 0.2) is 197 Å². The van der Waals surface area contributed by atoms with E-state index < -0.39 is 156 Å². The standard InChI is InChI=1S/3C22H14O9.2Ca/c3*23-16-4-1-10(7-13(16)20(26)27)19(11-2-5-17(24)14(8-11)21(28)29)12-3-6-18(25)15(9-12)22(30)31;;/h3*1-9,23-24H,(H,26,27)(H,28,29)(H,30,31);;/p-6. The maximum Gasteiger partial charge on any atom is 0.339 e. The molecule has 3 aliphatic rings. The Morgan fingerprint density at radius 3 is 0.537 bits per heavy atom. The van der Waals surface area contributed by atoms with E-state index in [4.69, 9.17) is 0 Å². The summed E-state index contributed by atoms with van der Waals surface area (Å²) in [5, 5.41) is 155. The molecule has 4 radical (unpaired) electrons. The molecule has 0 heterocycles. The summed E-state index contributed by atoms with van der Waals surface area (Å²) < 4.78 is 0. The second-order valence-electron chi connectivity index (χ2n) is 19.3. The van der Waals surface area contributed by atoms with Gasteiger partial charge in [-0.2, -0.15) is 0 Å². The van der Waals surface area contributed by atoms with E-state index in [-0.39, 0.29) is 142 Å². The fraction of sp³-hybridized carbons (Fsp3) is 0. The first-order valence-electron chi connectivity index (χ1n) is 25.8. The Balaban J connectivity index is 0.000000255. The van der Waals surface area contributed by atoms with Gasteiger partial charge in [0.15, 0.2) is 17.3 Å². The van der Waals surface area contributed by atoms with E-state index in [0.717, 1.165) is 109 Å². The average Bonchev–Trinajstić information content (AvgIpc) is 0.797. The van der Waals surface area contributed by atoms with Crippen molar-refractivity contribution in [1.29, 1.82) is 0 Å². The van der Waals surface area contributed by atoms with Crippen LogP contribution in [0.25, 0.3) is 16.7 Å². The third-order valence-corrected chi connectivity index (χ3v) is 13.5. The normalized spacial score (nSPS) is 12.7. The smallest absolute Gasteiger partial charge is 0.339 e. The first-order chi connectivity index (χ1) is 43.8. The first-order valence-corrected chi connectivity index (χ1v) is 25.8. The molecule has 0 saturated carbocycles. The van der Waals surface area contributed by atoms with Gasteiger partial charge in [0.2, 0.25) is 0 Å². The number of allylic oxidation sites excluding steroid dienone is 12. The van der Waals surface area contributed by atoms with Gasteiger partial charge in [0, 0.05) is 75.5 Å². The monoisotopic (exact) mass is 1340 g/mol. The van der Waals surface area contributed by atoms with E-state index in [9.17, 15) is 134 Å². The zero-order valence-electron chi connectivity index (χ0n) is 47.9. The molecule has 95 heavy (non-hydrogen) atoms. The molecule has 3 aliphatic carbocycles. The molecule has 9 rings (SSSR count). The Morgan fingerprint density at radius 2 is 0.400 bits per heavy atom. The molecule has 9 N–H and O–H groups in total. The van der Waals surface area contributed by atoms with E-state index in [1.807, 2.05) is 0 Å². The van der Waals surface area contributed by atoms with Crippen molar-refractivity contribution < 1.29 is 134 Å². The number of carboxylic acids is 9. The van der Waals surface area contributed by atoms with Crippen LogP contribution < -0.4 is 30.6 Å². The van der Waals surface area contributed by atoms with Crippen LogP contribution in [0.3, 0.4) is 0 Å². The Kier molecular flexibility index (Phi) is 24.4. The summed E-state index contributed by atoms with van der Waals surface area (Å²) in [5.74, 6) is -20.3. The van der Waals surface area contributed by atoms with Gasteiger partial charge in [-0.25, -0.2) is 43.2 Å². The summed E-state index contributed by atoms with van der Waals surface area (Å²) in [6.07, 6.45) is 9.99. The van der Waals surface area contributed by atoms with Crippen molar-refractivity contribution in [3.8, 4) is 34.5 Å². The van der Waals surface area contributed by atoms with Gasteiger partial charge >= 0.3 is 53.7 Å². The minimum absolute atomic E-state index is 0. The number of hydrogen-bond donors (Lipinski definition) is 9. The molecule has 6 aromatic carbocycles. The molecule has 0 spiro atoms. The predicted molar refractivity (Wildman–Crippen MR) is 316 cm³/mol. The molecule has 0 bridgehead atoms. The van der Waals surface area contributed by atoms with Crippen LogP contribution in [-0.4, -0.2) is 193 Å². The predicted octanol–water partition coefficient (Wildman–Crippen LogP) is 2.78. The fourth-order valence-electron chi connectivity index (χ4n) is 9.17. The van der Waals surface area contributed by atoms with Gasteiger partial charge in [-0.1, -0.05) is 126 Å². The number of benzene rings is 6. The van der Waals surface area contributed by atoms with E-state index in [1.54, 1.807) is 0 Å². The van der Waals surface area contributed by atoms with Crippen molar-refractivity contribution >= 4 is 163 Å². The van der Waals surface area contributed by atoms with Crippen LogP contribution in [0.2, 0.25) is 0 Å². The maximum absolute atomic E-state index is 11.9. The van der Waals surface area contributed by atoms with Crippen molar-refractivity contribution in [3.05, 3.63) is 264 Å². The topological polar surface area (TPSA) is 525 Å². The Labute approximate surface area is 591 Å². The summed E-state index contributed by atoms with van der Waals surface area (Å²) in [4.78, 5) is 138. The first kappa shape index (κ1) is 74.3. The van der Waals surface area contributed by atoms with E-state index in [0.29, 0.717) is 0 Å². The number of aromatic carboxylic acids is 6. The largest absolute Gasteiger partial charge is 0.872 e. The summed E-state index contributed by atoms with van der Waals surface area (Å²) in [6, 6.07) is 20.0. The van der Waals surface area contributed by atoms with Crippen molar-refractivity contribution in [2.75, 3.05) is 0 Å². The van der Waals surface area contributed by atoms with Crippen LogP contribution >= 0.6 is 0 Å². The number of carboxylic acid groups (broad SMARTS) is 9. The summed E-state index contributed by atoms with van der Waals surface area (Å²) in [6.45, 7) is 0. The number of ketones is 3. The van der Waals surface area contributed by atoms with Gasteiger partial charge in [0.1, 0.15) is 16.7 Å². The molecule has 472 valence electrons. The van der Waals surface area contributed by atoms with Crippen LogP contribution in [0.4, 0.5) is 0 Å². The SMILES string of the molecule is O=C(O)C1=CC(=C(c2ccc([O-])c(C(=O)O)c2)c2ccc([O-])c(C(=O)O)c2)C=CC1=O.O=C(O)C1=CC(=C(c2ccc([O-])c(C(=O)O)c2)c2ccc([O-])c(C(=O)O)c2)C=CC1=O.O=C(O)C1=CC(=C(c2ccc([O-])c(C(=O)O)c2)c2ccc([O-])c(C(=O)O)c2)C=CC1=O.[Ca].[Ca]. The molecule has 29 heteroatoms. The molecular weight excluding hydrogens is 1300 g/mol. The van der Waals surface area contributed by atoms with Crippen molar-refractivity contribution in [2.45, 2.75) is 0 Å². The van der Waals surface area contributed by atoms with Crippen LogP contribution in [0, 0.1) is 0 Å². The van der Waals surface area contributed by atoms with E-state index in [2.05, 4.69) is 0 Å². The summed E-state index contributed by atoms with van der Waals surface area (Å²) in [5.41, 5.74) is -3.40. The number of hydrogen-bond acceptors (Lipinski definition) is 18. The third kappa shape index (κ3) is 17.0. The molecule has 0 fully saturated rings. The third-order valence-electron chi connectivity index (χ3n) is 13.5. The van der Waals surface area contributed by atoms with Gasteiger partial charge < -0.3 is 76.6 Å². The van der Waals surface area contributed by atoms with Gasteiger partial charge in [-0.3, -0.25) is 14.4 Å². The molecule has 0 saturated heterocycles. The summed E-state index contributed by atoms with van der Waals surface area (Å²) in [7, 11) is 0. The molecule has 0 amide bonds. The van der Waals surface area contributed by atoms with E-state index >= 15 is 0 Å². The fourth-order valence-corrected chi connectivity index (χ4v) is 9.17. The Hall–Kier alpha value is -11.5. The molecule has 0 unspecified atom stereocenters. The van der Waals surface area contributed by atoms with Crippen LogP contribution in [-0.2, 0) is 28.8 Å². The minimum atomic E-state index is -1.49. The molecule has 0 atom stereocenters. The number of rotatable bonds is 15. The van der Waals surface area contributed by atoms with E-state index in [1.165, 1.54) is 54.6 Å². The molecular formula is C66H36Ca2O27-6. The molecule has 27 nitrogen and oxygen atoms in total. The van der Waals surface area contributed by atoms with Crippen molar-refractivity contribution in [2.24, 2.45) is 0 Å². The summed E-state index contributed by atoms with van der Waals surface area (Å²) >= 11 is 0. The quantitative estimate of drug-likeness (QED) is 0.0527. The molecule has 0 aromatic heterocycles. The number of aliphatic carboxylic acids is 3. The zero-order chi connectivity index (χ0) is 68.6. The van der Waals surface area contributed by atoms with Crippen molar-refractivity contribution in [3.63, 3.8) is 0 Å². The van der Waals surface area contributed by atoms with Crippen molar-refractivity contribution in [1.82, 2.24) is 0 Å².